The van der Waals surface area contributed by atoms with Crippen LogP contribution < -0.4 is 5.32 Å². The van der Waals surface area contributed by atoms with Gasteiger partial charge in [0, 0.05) is 24.8 Å². The van der Waals surface area contributed by atoms with Gasteiger partial charge in [-0.15, -0.1) is 0 Å². The maximum atomic E-state index is 11.9. The highest BCUT2D eigenvalue weighted by molar-refractivity contribution is 5.91. The van der Waals surface area contributed by atoms with Crippen LogP contribution in [-0.2, 0) is 11.3 Å². The van der Waals surface area contributed by atoms with Gasteiger partial charge in [0.25, 0.3) is 0 Å². The highest BCUT2D eigenvalue weighted by Gasteiger charge is 2.09. The first-order valence-electron chi connectivity index (χ1n) is 6.59. The van der Waals surface area contributed by atoms with Crippen molar-refractivity contribution in [2.24, 2.45) is 0 Å². The van der Waals surface area contributed by atoms with Crippen LogP contribution in [0.1, 0.15) is 27.9 Å². The van der Waals surface area contributed by atoms with E-state index in [0.29, 0.717) is 6.54 Å². The number of carbonyl (C=O) groups excluding carboxylic acids is 1. The Morgan fingerprint density at radius 2 is 2.10 bits per heavy atom. The fraction of sp³-hybridized carbons (Fsp3) is 0.267. The molecule has 1 aromatic carbocycles. The summed E-state index contributed by atoms with van der Waals surface area (Å²) >= 11 is 0. The van der Waals surface area contributed by atoms with Crippen molar-refractivity contribution in [2.45, 2.75) is 26.8 Å². The number of carboxylic acids is 1. The molecule has 1 aromatic heterocycles. The quantitative estimate of drug-likeness (QED) is 0.883. The molecular weight excluding hydrogens is 270 g/mol. The van der Waals surface area contributed by atoms with Gasteiger partial charge in [-0.1, -0.05) is 12.1 Å². The summed E-state index contributed by atoms with van der Waals surface area (Å²) in [6, 6.07) is 5.74. The molecule has 0 atom stereocenters. The normalized spacial score (nSPS) is 10.4. The monoisotopic (exact) mass is 287 g/mol. The van der Waals surface area contributed by atoms with Crippen LogP contribution in [0.25, 0.3) is 0 Å². The van der Waals surface area contributed by atoms with E-state index in [1.54, 1.807) is 0 Å². The fourth-order valence-corrected chi connectivity index (χ4v) is 1.91. The molecule has 2 N–H and O–H groups in total. The van der Waals surface area contributed by atoms with Crippen LogP contribution in [-0.4, -0.2) is 26.8 Å². The molecule has 2 rings (SSSR count). The number of aryl methyl sites for hydroxylation is 2. The van der Waals surface area contributed by atoms with Crippen molar-refractivity contribution < 1.29 is 14.7 Å². The van der Waals surface area contributed by atoms with Crippen LogP contribution in [0.15, 0.2) is 30.6 Å². The van der Waals surface area contributed by atoms with E-state index in [1.165, 1.54) is 17.1 Å². The van der Waals surface area contributed by atoms with Gasteiger partial charge in [-0.25, -0.2) is 4.79 Å². The van der Waals surface area contributed by atoms with Crippen molar-refractivity contribution in [3.63, 3.8) is 0 Å². The van der Waals surface area contributed by atoms with E-state index in [9.17, 15) is 9.59 Å². The van der Waals surface area contributed by atoms with Crippen molar-refractivity contribution in [3.8, 4) is 0 Å². The number of nitrogens with one attached hydrogen (secondary N) is 1. The topological polar surface area (TPSA) is 84.2 Å². The lowest BCUT2D eigenvalue weighted by atomic mass is 10.1. The minimum atomic E-state index is -1.03. The Bertz CT molecular complexity index is 677. The summed E-state index contributed by atoms with van der Waals surface area (Å²) in [5.41, 5.74) is 3.07. The van der Waals surface area contributed by atoms with Crippen LogP contribution >= 0.6 is 0 Å². The second-order valence-electron chi connectivity index (χ2n) is 4.84. The molecule has 21 heavy (non-hydrogen) atoms. The molecule has 0 saturated carbocycles. The fourth-order valence-electron chi connectivity index (χ4n) is 1.91. The van der Waals surface area contributed by atoms with Crippen LogP contribution in [0.2, 0.25) is 0 Å². The molecule has 110 valence electrons. The number of nitrogens with zero attached hydrogens (tertiary/aromatic N) is 2. The summed E-state index contributed by atoms with van der Waals surface area (Å²) < 4.78 is 1.45. The molecule has 0 bridgehead atoms. The SMILES string of the molecule is Cc1cccc(NC(=O)CCn2cc(C(=O)O)cn2)c1C. The minimum Gasteiger partial charge on any atom is -0.478 e. The zero-order valence-corrected chi connectivity index (χ0v) is 12.0. The summed E-state index contributed by atoms with van der Waals surface area (Å²) in [7, 11) is 0. The highest BCUT2D eigenvalue weighted by Crippen LogP contribution is 2.18. The molecule has 0 unspecified atom stereocenters. The molecule has 0 fully saturated rings. The molecule has 6 heteroatoms. The first-order chi connectivity index (χ1) is 9.97. The number of carboxylic acid groups (broad SMARTS) is 1. The summed E-state index contributed by atoms with van der Waals surface area (Å²) in [5.74, 6) is -1.16. The van der Waals surface area contributed by atoms with Gasteiger partial charge in [-0.3, -0.25) is 9.48 Å². The molecule has 0 aliphatic rings. The van der Waals surface area contributed by atoms with Crippen molar-refractivity contribution in [1.29, 1.82) is 0 Å². The minimum absolute atomic E-state index is 0.116. The Morgan fingerprint density at radius 1 is 1.33 bits per heavy atom. The molecule has 6 nitrogen and oxygen atoms in total. The van der Waals surface area contributed by atoms with Crippen LogP contribution in [0, 0.1) is 13.8 Å². The number of benzene rings is 1. The lowest BCUT2D eigenvalue weighted by Crippen LogP contribution is -2.15. The van der Waals surface area contributed by atoms with E-state index in [0.717, 1.165) is 16.8 Å². The molecular formula is C15H17N3O3. The molecule has 1 amide bonds. The second kappa shape index (κ2) is 6.21. The predicted octanol–water partition coefficient (Wildman–Crippen LogP) is 2.23. The standard InChI is InChI=1S/C15H17N3O3/c1-10-4-3-5-13(11(10)2)17-14(19)6-7-18-9-12(8-16-18)15(20)21/h3-5,8-9H,6-7H2,1-2H3,(H,17,19)(H,20,21). The van der Waals surface area contributed by atoms with E-state index < -0.39 is 5.97 Å². The van der Waals surface area contributed by atoms with E-state index in [1.807, 2.05) is 32.0 Å². The second-order valence-corrected chi connectivity index (χ2v) is 4.84. The van der Waals surface area contributed by atoms with Crippen LogP contribution in [0.4, 0.5) is 5.69 Å². The number of amides is 1. The lowest BCUT2D eigenvalue weighted by molar-refractivity contribution is -0.116. The summed E-state index contributed by atoms with van der Waals surface area (Å²) in [6.45, 7) is 4.28. The third-order valence-electron chi connectivity index (χ3n) is 3.33. The largest absolute Gasteiger partial charge is 0.478 e. The van der Waals surface area contributed by atoms with Crippen LogP contribution in [0.3, 0.4) is 0 Å². The maximum absolute atomic E-state index is 11.9. The number of rotatable bonds is 5. The van der Waals surface area contributed by atoms with Gasteiger partial charge in [0.2, 0.25) is 5.91 Å². The molecule has 0 aliphatic carbocycles. The van der Waals surface area contributed by atoms with Gasteiger partial charge in [-0.2, -0.15) is 5.10 Å². The van der Waals surface area contributed by atoms with Gasteiger partial charge < -0.3 is 10.4 Å². The average Bonchev–Trinajstić information content (AvgIpc) is 2.91. The number of hydrogen-bond acceptors (Lipinski definition) is 3. The third kappa shape index (κ3) is 3.68. The summed E-state index contributed by atoms with van der Waals surface area (Å²) in [6.07, 6.45) is 2.91. The van der Waals surface area contributed by atoms with E-state index >= 15 is 0 Å². The van der Waals surface area contributed by atoms with Gasteiger partial charge in [0.05, 0.1) is 11.8 Å². The average molecular weight is 287 g/mol. The number of carbonyl (C=O) groups is 2. The zero-order valence-electron chi connectivity index (χ0n) is 12.0. The third-order valence-corrected chi connectivity index (χ3v) is 3.33. The number of hydrogen-bond donors (Lipinski definition) is 2. The Balaban J connectivity index is 1.92. The molecule has 2 aromatic rings. The van der Waals surface area contributed by atoms with Crippen LogP contribution in [0.5, 0.6) is 0 Å². The Morgan fingerprint density at radius 3 is 2.76 bits per heavy atom. The summed E-state index contributed by atoms with van der Waals surface area (Å²) in [5, 5.41) is 15.6. The van der Waals surface area contributed by atoms with Gasteiger partial charge in [0.15, 0.2) is 0 Å². The van der Waals surface area contributed by atoms with Gasteiger partial charge >= 0.3 is 5.97 Å². The molecule has 0 spiro atoms. The zero-order chi connectivity index (χ0) is 15.4. The van der Waals surface area contributed by atoms with Crippen molar-refractivity contribution in [2.75, 3.05) is 5.32 Å². The van der Waals surface area contributed by atoms with Crippen molar-refractivity contribution >= 4 is 17.6 Å². The lowest BCUT2D eigenvalue weighted by Gasteiger charge is -2.10. The highest BCUT2D eigenvalue weighted by atomic mass is 16.4. The van der Waals surface area contributed by atoms with E-state index in [2.05, 4.69) is 10.4 Å². The van der Waals surface area contributed by atoms with Gasteiger partial charge in [0.1, 0.15) is 0 Å². The van der Waals surface area contributed by atoms with E-state index in [4.69, 9.17) is 5.11 Å². The first-order valence-corrected chi connectivity index (χ1v) is 6.59. The smallest absolute Gasteiger partial charge is 0.338 e. The van der Waals surface area contributed by atoms with Crippen molar-refractivity contribution in [3.05, 3.63) is 47.3 Å². The molecule has 0 radical (unpaired) electrons. The Labute approximate surface area is 122 Å². The Kier molecular flexibility index (Phi) is 4.37. The predicted molar refractivity (Wildman–Crippen MR) is 78.3 cm³/mol. The van der Waals surface area contributed by atoms with Crippen molar-refractivity contribution in [1.82, 2.24) is 9.78 Å². The number of anilines is 1. The number of aromatic carboxylic acids is 1. The first kappa shape index (κ1) is 14.8. The number of aromatic nitrogens is 2. The molecule has 0 aliphatic heterocycles. The Hall–Kier alpha value is -2.63. The molecule has 0 saturated heterocycles. The summed E-state index contributed by atoms with van der Waals surface area (Å²) in [4.78, 5) is 22.7. The van der Waals surface area contributed by atoms with E-state index in [-0.39, 0.29) is 17.9 Å². The molecule has 1 heterocycles. The maximum Gasteiger partial charge on any atom is 0.338 e. The van der Waals surface area contributed by atoms with Gasteiger partial charge in [-0.05, 0) is 31.0 Å².